The zero-order valence-corrected chi connectivity index (χ0v) is 11.1. The number of hydrogen-bond donors (Lipinski definition) is 1. The fraction of sp³-hybridized carbons (Fsp3) is 0.545. The molecule has 1 aliphatic heterocycles. The van der Waals surface area contributed by atoms with Crippen LogP contribution in [0.1, 0.15) is 13.3 Å². The molecule has 2 atom stereocenters. The van der Waals surface area contributed by atoms with Crippen LogP contribution >= 0.6 is 15.9 Å². The van der Waals surface area contributed by atoms with Crippen LogP contribution in [0.5, 0.6) is 0 Å². The maximum Gasteiger partial charge on any atom is 0.0776 e. The second-order valence-electron chi connectivity index (χ2n) is 4.10. The van der Waals surface area contributed by atoms with Crippen molar-refractivity contribution in [2.75, 3.05) is 24.3 Å². The monoisotopic (exact) mass is 285 g/mol. The summed E-state index contributed by atoms with van der Waals surface area (Å²) in [5, 5.41) is 0. The first kappa shape index (κ1) is 11.7. The molecule has 1 aromatic heterocycles. The average molecular weight is 286 g/mol. The Hall–Kier alpha value is -0.810. The van der Waals surface area contributed by atoms with Crippen LogP contribution in [0.4, 0.5) is 11.4 Å². The number of likely N-dealkylation sites (N-methyl/N-ethyl adjacent to an activating group) is 1. The third kappa shape index (κ3) is 2.01. The first-order valence-electron chi connectivity index (χ1n) is 5.34. The second-order valence-corrected chi connectivity index (χ2v) is 4.96. The summed E-state index contributed by atoms with van der Waals surface area (Å²) in [7, 11) is 2.05. The number of rotatable bonds is 2. The van der Waals surface area contributed by atoms with Gasteiger partial charge in [-0.2, -0.15) is 0 Å². The SMILES string of the molecule is CC1OCCC1N(C)c1c(N)cncc1Br. The van der Waals surface area contributed by atoms with Crippen LogP contribution in [0.3, 0.4) is 0 Å². The normalized spacial score (nSPS) is 24.7. The lowest BCUT2D eigenvalue weighted by Crippen LogP contribution is -2.37. The smallest absolute Gasteiger partial charge is 0.0776 e. The van der Waals surface area contributed by atoms with Crippen LogP contribution in [-0.4, -0.2) is 30.8 Å². The topological polar surface area (TPSA) is 51.4 Å². The molecule has 5 heteroatoms. The first-order valence-corrected chi connectivity index (χ1v) is 6.14. The van der Waals surface area contributed by atoms with E-state index in [1.54, 1.807) is 12.4 Å². The second kappa shape index (κ2) is 4.59. The van der Waals surface area contributed by atoms with Gasteiger partial charge in [0.25, 0.3) is 0 Å². The van der Waals surface area contributed by atoms with E-state index in [4.69, 9.17) is 10.5 Å². The van der Waals surface area contributed by atoms with Gasteiger partial charge in [-0.05, 0) is 29.3 Å². The molecule has 0 radical (unpaired) electrons. The largest absolute Gasteiger partial charge is 0.396 e. The number of aromatic nitrogens is 1. The van der Waals surface area contributed by atoms with Crippen LogP contribution in [0.2, 0.25) is 0 Å². The highest BCUT2D eigenvalue weighted by atomic mass is 79.9. The van der Waals surface area contributed by atoms with Crippen molar-refractivity contribution in [2.24, 2.45) is 0 Å². The number of pyridine rings is 1. The van der Waals surface area contributed by atoms with Crippen LogP contribution in [0, 0.1) is 0 Å². The number of hydrogen-bond acceptors (Lipinski definition) is 4. The van der Waals surface area contributed by atoms with Crippen molar-refractivity contribution in [3.05, 3.63) is 16.9 Å². The molecular formula is C11H16BrN3O. The molecule has 1 aliphatic rings. The number of halogens is 1. The summed E-state index contributed by atoms with van der Waals surface area (Å²) < 4.78 is 6.50. The molecule has 2 rings (SSSR count). The highest BCUT2D eigenvalue weighted by Gasteiger charge is 2.29. The maximum atomic E-state index is 5.96. The van der Waals surface area contributed by atoms with E-state index in [0.29, 0.717) is 11.7 Å². The number of nitrogens with two attached hydrogens (primary N) is 1. The average Bonchev–Trinajstić information content (AvgIpc) is 2.64. The van der Waals surface area contributed by atoms with Crippen LogP contribution in [0.25, 0.3) is 0 Å². The zero-order chi connectivity index (χ0) is 11.7. The van der Waals surface area contributed by atoms with E-state index in [1.807, 2.05) is 7.05 Å². The lowest BCUT2D eigenvalue weighted by molar-refractivity contribution is 0.118. The van der Waals surface area contributed by atoms with Crippen molar-refractivity contribution >= 4 is 27.3 Å². The molecule has 0 aliphatic carbocycles. The van der Waals surface area contributed by atoms with E-state index in [2.05, 4.69) is 32.7 Å². The predicted octanol–water partition coefficient (Wildman–Crippen LogP) is 2.04. The fourth-order valence-corrected chi connectivity index (χ4v) is 2.84. The fourth-order valence-electron chi connectivity index (χ4n) is 2.21. The maximum absolute atomic E-state index is 5.96. The van der Waals surface area contributed by atoms with Gasteiger partial charge in [-0.15, -0.1) is 0 Å². The molecular weight excluding hydrogens is 270 g/mol. The highest BCUT2D eigenvalue weighted by molar-refractivity contribution is 9.10. The number of ether oxygens (including phenoxy) is 1. The summed E-state index contributed by atoms with van der Waals surface area (Å²) in [6.45, 7) is 2.91. The van der Waals surface area contributed by atoms with Gasteiger partial charge in [0.2, 0.25) is 0 Å². The molecule has 1 saturated heterocycles. The summed E-state index contributed by atoms with van der Waals surface area (Å²) in [5.41, 5.74) is 7.65. The number of nitrogen functional groups attached to an aromatic ring is 1. The molecule has 0 saturated carbocycles. The molecule has 2 heterocycles. The predicted molar refractivity (Wildman–Crippen MR) is 68.6 cm³/mol. The minimum atomic E-state index is 0.240. The van der Waals surface area contributed by atoms with Gasteiger partial charge in [0, 0.05) is 19.9 Å². The molecule has 4 nitrogen and oxygen atoms in total. The van der Waals surface area contributed by atoms with E-state index in [1.165, 1.54) is 0 Å². The zero-order valence-electron chi connectivity index (χ0n) is 9.48. The lowest BCUT2D eigenvalue weighted by Gasteiger charge is -2.30. The van der Waals surface area contributed by atoms with Gasteiger partial charge in [0.05, 0.1) is 34.2 Å². The van der Waals surface area contributed by atoms with Crippen molar-refractivity contribution in [3.8, 4) is 0 Å². The van der Waals surface area contributed by atoms with Gasteiger partial charge in [-0.1, -0.05) is 0 Å². The molecule has 2 unspecified atom stereocenters. The van der Waals surface area contributed by atoms with Gasteiger partial charge >= 0.3 is 0 Å². The first-order chi connectivity index (χ1) is 7.61. The summed E-state index contributed by atoms with van der Waals surface area (Å²) in [6, 6.07) is 0.376. The van der Waals surface area contributed by atoms with Gasteiger partial charge in [0.1, 0.15) is 0 Å². The third-order valence-corrected chi connectivity index (χ3v) is 3.67. The van der Waals surface area contributed by atoms with Crippen LogP contribution in [-0.2, 0) is 4.74 Å². The Balaban J connectivity index is 2.29. The Morgan fingerprint density at radius 1 is 1.56 bits per heavy atom. The summed E-state index contributed by atoms with van der Waals surface area (Å²) in [5.74, 6) is 0. The molecule has 1 fully saturated rings. The summed E-state index contributed by atoms with van der Waals surface area (Å²) in [4.78, 5) is 6.22. The van der Waals surface area contributed by atoms with E-state index in [0.717, 1.165) is 23.2 Å². The van der Waals surface area contributed by atoms with E-state index in [9.17, 15) is 0 Å². The van der Waals surface area contributed by atoms with Crippen molar-refractivity contribution < 1.29 is 4.74 Å². The molecule has 0 aromatic carbocycles. The van der Waals surface area contributed by atoms with Crippen molar-refractivity contribution in [2.45, 2.75) is 25.5 Å². The summed E-state index contributed by atoms with van der Waals surface area (Å²) >= 11 is 3.49. The Labute approximate surface area is 104 Å². The van der Waals surface area contributed by atoms with Crippen molar-refractivity contribution in [1.82, 2.24) is 4.98 Å². The van der Waals surface area contributed by atoms with Crippen molar-refractivity contribution in [3.63, 3.8) is 0 Å². The van der Waals surface area contributed by atoms with E-state index >= 15 is 0 Å². The molecule has 1 aromatic rings. The molecule has 0 spiro atoms. The number of nitrogens with zero attached hydrogens (tertiary/aromatic N) is 2. The van der Waals surface area contributed by atoms with Gasteiger partial charge in [0.15, 0.2) is 0 Å². The Morgan fingerprint density at radius 2 is 2.31 bits per heavy atom. The van der Waals surface area contributed by atoms with Crippen LogP contribution < -0.4 is 10.6 Å². The van der Waals surface area contributed by atoms with Gasteiger partial charge in [-0.3, -0.25) is 4.98 Å². The lowest BCUT2D eigenvalue weighted by atomic mass is 10.1. The van der Waals surface area contributed by atoms with Gasteiger partial charge < -0.3 is 15.4 Å². The minimum Gasteiger partial charge on any atom is -0.396 e. The molecule has 0 bridgehead atoms. The Kier molecular flexibility index (Phi) is 3.35. The van der Waals surface area contributed by atoms with Crippen LogP contribution in [0.15, 0.2) is 16.9 Å². The van der Waals surface area contributed by atoms with Crippen molar-refractivity contribution in [1.29, 1.82) is 0 Å². The minimum absolute atomic E-state index is 0.240. The highest BCUT2D eigenvalue weighted by Crippen LogP contribution is 2.34. The Bertz CT molecular complexity index is 365. The third-order valence-electron chi connectivity index (χ3n) is 3.09. The number of anilines is 2. The molecule has 88 valence electrons. The van der Waals surface area contributed by atoms with E-state index < -0.39 is 0 Å². The van der Waals surface area contributed by atoms with Gasteiger partial charge in [-0.25, -0.2) is 0 Å². The quantitative estimate of drug-likeness (QED) is 0.904. The summed E-state index contributed by atoms with van der Waals surface area (Å²) in [6.07, 6.45) is 4.72. The Morgan fingerprint density at radius 3 is 2.88 bits per heavy atom. The standard InChI is InChI=1S/C11H16BrN3O/c1-7-10(3-4-16-7)15(2)11-8(12)5-14-6-9(11)13/h5-7,10H,3-4,13H2,1-2H3. The molecule has 16 heavy (non-hydrogen) atoms. The molecule has 2 N–H and O–H groups in total. The van der Waals surface area contributed by atoms with E-state index in [-0.39, 0.29) is 6.10 Å². The molecule has 0 amide bonds.